The number of hydrogen-bond acceptors (Lipinski definition) is 6. The molecular formula is C10H9N3OS2. The van der Waals surface area contributed by atoms with Gasteiger partial charge in [-0.3, -0.25) is 4.79 Å². The van der Waals surface area contributed by atoms with Crippen molar-refractivity contribution >= 4 is 35.7 Å². The lowest BCUT2D eigenvalue weighted by molar-refractivity contribution is 0.108. The first kappa shape index (κ1) is 11.3. The summed E-state index contributed by atoms with van der Waals surface area (Å²) in [6.45, 7) is 0. The van der Waals surface area contributed by atoms with Crippen LogP contribution in [0.4, 0.5) is 0 Å². The maximum Gasteiger partial charge on any atom is 0.219 e. The zero-order chi connectivity index (χ0) is 11.4. The molecule has 0 bridgehead atoms. The van der Waals surface area contributed by atoms with E-state index in [0.29, 0.717) is 11.3 Å². The number of benzene rings is 1. The molecule has 16 heavy (non-hydrogen) atoms. The number of rotatable bonds is 3. The van der Waals surface area contributed by atoms with Crippen LogP contribution in [0.25, 0.3) is 0 Å². The average molecular weight is 251 g/mol. The first-order valence-electron chi connectivity index (χ1n) is 4.61. The van der Waals surface area contributed by atoms with Crippen molar-refractivity contribution in [3.8, 4) is 0 Å². The van der Waals surface area contributed by atoms with E-state index in [1.165, 1.54) is 18.0 Å². The van der Waals surface area contributed by atoms with E-state index in [1.807, 2.05) is 18.2 Å². The molecule has 1 aliphatic rings. The Morgan fingerprint density at radius 2 is 2.12 bits per heavy atom. The molecule has 0 saturated heterocycles. The van der Waals surface area contributed by atoms with Gasteiger partial charge in [0.1, 0.15) is 0 Å². The van der Waals surface area contributed by atoms with E-state index in [2.05, 4.69) is 28.1 Å². The summed E-state index contributed by atoms with van der Waals surface area (Å²) >= 11 is 5.45. The molecule has 1 heterocycles. The fourth-order valence-electron chi connectivity index (χ4n) is 1.14. The van der Waals surface area contributed by atoms with Crippen LogP contribution in [0.15, 0.2) is 45.8 Å². The van der Waals surface area contributed by atoms with Gasteiger partial charge in [-0.25, -0.2) is 0 Å². The van der Waals surface area contributed by atoms with Crippen LogP contribution in [0.5, 0.6) is 0 Å². The average Bonchev–Trinajstić information content (AvgIpc) is 2.75. The van der Waals surface area contributed by atoms with Gasteiger partial charge >= 0.3 is 0 Å². The van der Waals surface area contributed by atoms with Gasteiger partial charge in [-0.1, -0.05) is 42.1 Å². The Morgan fingerprint density at radius 3 is 2.75 bits per heavy atom. The number of thiol groups is 1. The SMILES string of the molecule is O=C(SCC1(S)C=NN=N1)c1ccccc1. The molecule has 0 saturated carbocycles. The molecule has 82 valence electrons. The van der Waals surface area contributed by atoms with Gasteiger partial charge in [-0.05, 0) is 5.22 Å². The molecule has 1 aliphatic heterocycles. The molecule has 0 fully saturated rings. The van der Waals surface area contributed by atoms with Crippen molar-refractivity contribution < 1.29 is 4.79 Å². The van der Waals surface area contributed by atoms with Crippen molar-refractivity contribution in [2.45, 2.75) is 4.87 Å². The zero-order valence-electron chi connectivity index (χ0n) is 8.28. The molecule has 1 aromatic rings. The molecule has 1 aromatic carbocycles. The Labute approximate surface area is 103 Å². The Bertz CT molecular complexity index is 433. The second-order valence-electron chi connectivity index (χ2n) is 3.25. The fraction of sp³-hybridized carbons (Fsp3) is 0.200. The van der Waals surface area contributed by atoms with Crippen LogP contribution in [0.3, 0.4) is 0 Å². The Kier molecular flexibility index (Phi) is 3.40. The molecule has 1 atom stereocenters. The van der Waals surface area contributed by atoms with Crippen molar-refractivity contribution in [3.05, 3.63) is 35.9 Å². The smallest absolute Gasteiger partial charge is 0.219 e. The van der Waals surface area contributed by atoms with E-state index in [1.54, 1.807) is 12.1 Å². The predicted molar refractivity (Wildman–Crippen MR) is 68.3 cm³/mol. The van der Waals surface area contributed by atoms with Crippen LogP contribution >= 0.6 is 24.4 Å². The number of thioether (sulfide) groups is 1. The first-order valence-corrected chi connectivity index (χ1v) is 6.04. The van der Waals surface area contributed by atoms with Gasteiger partial charge in [-0.15, -0.1) is 22.8 Å². The third-order valence-electron chi connectivity index (χ3n) is 1.96. The second kappa shape index (κ2) is 4.80. The van der Waals surface area contributed by atoms with Crippen LogP contribution in [0, 0.1) is 0 Å². The van der Waals surface area contributed by atoms with E-state index < -0.39 is 4.87 Å². The van der Waals surface area contributed by atoms with Gasteiger partial charge in [0.2, 0.25) is 5.12 Å². The van der Waals surface area contributed by atoms with E-state index in [0.717, 1.165) is 0 Å². The maximum atomic E-state index is 11.8. The molecule has 6 heteroatoms. The lowest BCUT2D eigenvalue weighted by Gasteiger charge is -2.11. The highest BCUT2D eigenvalue weighted by molar-refractivity contribution is 8.14. The minimum Gasteiger partial charge on any atom is -0.282 e. The van der Waals surface area contributed by atoms with Crippen molar-refractivity contribution in [1.82, 2.24) is 0 Å². The normalized spacial score (nSPS) is 22.6. The lowest BCUT2D eigenvalue weighted by Crippen LogP contribution is -2.22. The predicted octanol–water partition coefficient (Wildman–Crippen LogP) is 2.64. The van der Waals surface area contributed by atoms with Gasteiger partial charge < -0.3 is 0 Å². The molecule has 0 N–H and O–H groups in total. The lowest BCUT2D eigenvalue weighted by atomic mass is 10.2. The van der Waals surface area contributed by atoms with Crippen molar-refractivity contribution in [2.24, 2.45) is 15.4 Å². The highest BCUT2D eigenvalue weighted by atomic mass is 32.2. The van der Waals surface area contributed by atoms with Crippen LogP contribution in [0.2, 0.25) is 0 Å². The number of nitrogens with zero attached hydrogens (tertiary/aromatic N) is 3. The summed E-state index contributed by atoms with van der Waals surface area (Å²) in [7, 11) is 0. The molecule has 0 aliphatic carbocycles. The van der Waals surface area contributed by atoms with Gasteiger partial charge in [-0.2, -0.15) is 0 Å². The number of carbonyl (C=O) groups excluding carboxylic acids is 1. The summed E-state index contributed by atoms with van der Waals surface area (Å²) in [5, 5.41) is 10.9. The van der Waals surface area contributed by atoms with E-state index in [-0.39, 0.29) is 5.12 Å². The maximum absolute atomic E-state index is 11.8. The van der Waals surface area contributed by atoms with Crippen molar-refractivity contribution in [1.29, 1.82) is 0 Å². The van der Waals surface area contributed by atoms with Gasteiger partial charge in [0.25, 0.3) is 0 Å². The molecule has 4 nitrogen and oxygen atoms in total. The summed E-state index contributed by atoms with van der Waals surface area (Å²) in [6.07, 6.45) is 1.53. The summed E-state index contributed by atoms with van der Waals surface area (Å²) in [4.78, 5) is 11.0. The second-order valence-corrected chi connectivity index (χ2v) is 4.98. The molecule has 0 amide bonds. The Balaban J connectivity index is 1.94. The number of hydrogen-bond donors (Lipinski definition) is 1. The van der Waals surface area contributed by atoms with Crippen molar-refractivity contribution in [2.75, 3.05) is 5.75 Å². The minimum atomic E-state index is -0.741. The molecule has 1 unspecified atom stereocenters. The van der Waals surface area contributed by atoms with E-state index in [9.17, 15) is 4.79 Å². The molecule has 2 rings (SSSR count). The highest BCUT2D eigenvalue weighted by Crippen LogP contribution is 2.26. The topological polar surface area (TPSA) is 54.1 Å². The summed E-state index contributed by atoms with van der Waals surface area (Å²) in [6, 6.07) is 9.11. The Morgan fingerprint density at radius 1 is 1.38 bits per heavy atom. The molecule has 0 radical (unpaired) electrons. The zero-order valence-corrected chi connectivity index (χ0v) is 9.99. The molecule has 0 spiro atoms. The standard InChI is InChI=1S/C10H9N3OS2/c14-9(8-4-2-1-3-5-8)16-7-10(15)6-11-13-12-10/h1-6,15H,7H2. The van der Waals surface area contributed by atoms with Crippen molar-refractivity contribution in [3.63, 3.8) is 0 Å². The van der Waals surface area contributed by atoms with E-state index in [4.69, 9.17) is 0 Å². The Hall–Kier alpha value is -1.14. The quantitative estimate of drug-likeness (QED) is 0.840. The molecule has 0 aromatic heterocycles. The van der Waals surface area contributed by atoms with Crippen LogP contribution in [-0.4, -0.2) is 22.0 Å². The number of carbonyl (C=O) groups is 1. The highest BCUT2D eigenvalue weighted by Gasteiger charge is 2.27. The third kappa shape index (κ3) is 2.70. The van der Waals surface area contributed by atoms with Crippen LogP contribution in [0.1, 0.15) is 10.4 Å². The fourth-order valence-corrected chi connectivity index (χ4v) is 2.21. The summed E-state index contributed by atoms with van der Waals surface area (Å²) in [5.74, 6) is 0.427. The van der Waals surface area contributed by atoms with Gasteiger partial charge in [0.15, 0.2) is 4.87 Å². The van der Waals surface area contributed by atoms with E-state index >= 15 is 0 Å². The van der Waals surface area contributed by atoms with Crippen LogP contribution in [-0.2, 0) is 0 Å². The molecular weight excluding hydrogens is 242 g/mol. The first-order chi connectivity index (χ1) is 7.70. The van der Waals surface area contributed by atoms with Crippen LogP contribution < -0.4 is 0 Å². The minimum absolute atomic E-state index is 0.00419. The summed E-state index contributed by atoms with van der Waals surface area (Å²) in [5.41, 5.74) is 0.677. The monoisotopic (exact) mass is 251 g/mol. The largest absolute Gasteiger partial charge is 0.282 e. The summed E-state index contributed by atoms with van der Waals surface area (Å²) < 4.78 is 0. The van der Waals surface area contributed by atoms with Gasteiger partial charge in [0, 0.05) is 11.3 Å². The van der Waals surface area contributed by atoms with Gasteiger partial charge in [0.05, 0.1) is 6.21 Å². The third-order valence-corrected chi connectivity index (χ3v) is 3.62.